The molecule has 0 saturated heterocycles. The lowest BCUT2D eigenvalue weighted by Gasteiger charge is -2.32. The fraction of sp³-hybridized carbons (Fsp3) is 0.333. The zero-order valence-corrected chi connectivity index (χ0v) is 12.6. The van der Waals surface area contributed by atoms with Crippen LogP contribution in [0, 0.1) is 6.92 Å². The van der Waals surface area contributed by atoms with Gasteiger partial charge in [0.25, 0.3) is 0 Å². The van der Waals surface area contributed by atoms with Crippen LogP contribution in [0.15, 0.2) is 54.6 Å². The number of likely N-dealkylation sites (N-methyl/N-ethyl adjacent to an activating group) is 1. The molecule has 2 N–H and O–H groups in total. The summed E-state index contributed by atoms with van der Waals surface area (Å²) < 4.78 is 0. The Hall–Kier alpha value is -1.64. The van der Waals surface area contributed by atoms with Gasteiger partial charge in [-0.05, 0) is 37.6 Å². The molecule has 0 amide bonds. The van der Waals surface area contributed by atoms with Gasteiger partial charge >= 0.3 is 0 Å². The molecule has 2 heteroatoms. The summed E-state index contributed by atoms with van der Waals surface area (Å²) in [5, 5.41) is 0. The van der Waals surface area contributed by atoms with E-state index in [9.17, 15) is 0 Å². The highest BCUT2D eigenvalue weighted by Crippen LogP contribution is 2.26. The molecule has 0 radical (unpaired) electrons. The lowest BCUT2D eigenvalue weighted by atomic mass is 9.95. The SMILES string of the molecule is Cc1ccccc1C(C(C)N)N(C)Cc1ccccc1. The van der Waals surface area contributed by atoms with Crippen LogP contribution < -0.4 is 5.73 Å². The molecule has 0 heterocycles. The molecule has 0 aliphatic rings. The first kappa shape index (κ1) is 14.8. The van der Waals surface area contributed by atoms with Crippen molar-refractivity contribution in [2.75, 3.05) is 7.05 Å². The Labute approximate surface area is 122 Å². The fourth-order valence-electron chi connectivity index (χ4n) is 2.81. The van der Waals surface area contributed by atoms with E-state index in [-0.39, 0.29) is 12.1 Å². The van der Waals surface area contributed by atoms with Gasteiger partial charge in [-0.3, -0.25) is 4.90 Å². The van der Waals surface area contributed by atoms with Crippen molar-refractivity contribution < 1.29 is 0 Å². The summed E-state index contributed by atoms with van der Waals surface area (Å²) in [4.78, 5) is 2.34. The van der Waals surface area contributed by atoms with E-state index in [4.69, 9.17) is 5.73 Å². The molecule has 0 saturated carbocycles. The van der Waals surface area contributed by atoms with Crippen LogP contribution >= 0.6 is 0 Å². The Morgan fingerprint density at radius 1 is 1.00 bits per heavy atom. The van der Waals surface area contributed by atoms with E-state index >= 15 is 0 Å². The highest BCUT2D eigenvalue weighted by Gasteiger charge is 2.22. The Kier molecular flexibility index (Phi) is 4.94. The summed E-state index contributed by atoms with van der Waals surface area (Å²) in [6.07, 6.45) is 0. The van der Waals surface area contributed by atoms with E-state index in [1.807, 2.05) is 6.07 Å². The highest BCUT2D eigenvalue weighted by atomic mass is 15.1. The number of rotatable bonds is 5. The largest absolute Gasteiger partial charge is 0.326 e. The van der Waals surface area contributed by atoms with Gasteiger partial charge in [0.2, 0.25) is 0 Å². The first-order chi connectivity index (χ1) is 9.59. The van der Waals surface area contributed by atoms with Crippen molar-refractivity contribution in [1.82, 2.24) is 4.90 Å². The molecule has 2 nitrogen and oxygen atoms in total. The number of aryl methyl sites for hydroxylation is 1. The lowest BCUT2D eigenvalue weighted by Crippen LogP contribution is -2.37. The summed E-state index contributed by atoms with van der Waals surface area (Å²) in [6, 6.07) is 19.4. The van der Waals surface area contributed by atoms with Gasteiger partial charge in [-0.1, -0.05) is 54.6 Å². The van der Waals surface area contributed by atoms with Gasteiger partial charge in [-0.25, -0.2) is 0 Å². The van der Waals surface area contributed by atoms with Gasteiger partial charge in [0.1, 0.15) is 0 Å². The lowest BCUT2D eigenvalue weighted by molar-refractivity contribution is 0.210. The van der Waals surface area contributed by atoms with Gasteiger partial charge < -0.3 is 5.73 Å². The van der Waals surface area contributed by atoms with Crippen molar-refractivity contribution in [2.45, 2.75) is 32.5 Å². The maximum absolute atomic E-state index is 6.25. The van der Waals surface area contributed by atoms with E-state index in [1.54, 1.807) is 0 Å². The Bertz CT molecular complexity index is 534. The minimum Gasteiger partial charge on any atom is -0.326 e. The van der Waals surface area contributed by atoms with E-state index in [2.05, 4.69) is 74.3 Å². The second-order valence-electron chi connectivity index (χ2n) is 5.56. The Morgan fingerprint density at radius 2 is 1.60 bits per heavy atom. The van der Waals surface area contributed by atoms with Gasteiger partial charge in [0.05, 0.1) is 0 Å². The summed E-state index contributed by atoms with van der Waals surface area (Å²) in [5.41, 5.74) is 10.2. The molecular formula is C18H24N2. The maximum Gasteiger partial charge on any atom is 0.0499 e. The first-order valence-corrected chi connectivity index (χ1v) is 7.15. The third-order valence-corrected chi connectivity index (χ3v) is 3.75. The van der Waals surface area contributed by atoms with Crippen molar-refractivity contribution in [3.05, 3.63) is 71.3 Å². The van der Waals surface area contributed by atoms with Crippen LogP contribution in [0.2, 0.25) is 0 Å². The normalized spacial score (nSPS) is 14.2. The maximum atomic E-state index is 6.25. The third kappa shape index (κ3) is 3.47. The van der Waals surface area contributed by atoms with Gasteiger partial charge in [-0.15, -0.1) is 0 Å². The summed E-state index contributed by atoms with van der Waals surface area (Å²) in [6.45, 7) is 5.14. The van der Waals surface area contributed by atoms with E-state index in [1.165, 1.54) is 16.7 Å². The first-order valence-electron chi connectivity index (χ1n) is 7.15. The highest BCUT2D eigenvalue weighted by molar-refractivity contribution is 5.30. The molecule has 2 rings (SSSR count). The zero-order chi connectivity index (χ0) is 14.5. The molecule has 2 aromatic rings. The van der Waals surface area contributed by atoms with Crippen LogP contribution in [0.25, 0.3) is 0 Å². The molecule has 0 aliphatic heterocycles. The average molecular weight is 268 g/mol. The van der Waals surface area contributed by atoms with E-state index < -0.39 is 0 Å². The Morgan fingerprint density at radius 3 is 2.20 bits per heavy atom. The molecule has 2 unspecified atom stereocenters. The van der Waals surface area contributed by atoms with Crippen molar-refractivity contribution in [1.29, 1.82) is 0 Å². The van der Waals surface area contributed by atoms with Crippen LogP contribution in [-0.2, 0) is 6.54 Å². The average Bonchev–Trinajstić information content (AvgIpc) is 2.42. The third-order valence-electron chi connectivity index (χ3n) is 3.75. The summed E-state index contributed by atoms with van der Waals surface area (Å²) in [7, 11) is 2.15. The minimum atomic E-state index is 0.0878. The monoisotopic (exact) mass is 268 g/mol. The molecule has 2 aromatic carbocycles. The molecule has 106 valence electrons. The molecule has 0 aliphatic carbocycles. The van der Waals surface area contributed by atoms with Crippen LogP contribution in [0.3, 0.4) is 0 Å². The molecular weight excluding hydrogens is 244 g/mol. The van der Waals surface area contributed by atoms with Crippen LogP contribution in [0.4, 0.5) is 0 Å². The second kappa shape index (κ2) is 6.69. The van der Waals surface area contributed by atoms with Crippen LogP contribution in [0.1, 0.15) is 29.7 Å². The molecule has 0 aromatic heterocycles. The predicted octanol–water partition coefficient (Wildman–Crippen LogP) is 3.52. The second-order valence-corrected chi connectivity index (χ2v) is 5.56. The standard InChI is InChI=1S/C18H24N2/c1-14-9-7-8-12-17(14)18(15(2)19)20(3)13-16-10-5-4-6-11-16/h4-12,15,18H,13,19H2,1-3H3. The number of benzene rings is 2. The smallest absolute Gasteiger partial charge is 0.0499 e. The zero-order valence-electron chi connectivity index (χ0n) is 12.6. The number of nitrogens with zero attached hydrogens (tertiary/aromatic N) is 1. The molecule has 20 heavy (non-hydrogen) atoms. The van der Waals surface area contributed by atoms with Crippen LogP contribution in [-0.4, -0.2) is 18.0 Å². The Balaban J connectivity index is 2.23. The van der Waals surface area contributed by atoms with Crippen molar-refractivity contribution in [2.24, 2.45) is 5.73 Å². The quantitative estimate of drug-likeness (QED) is 0.899. The predicted molar refractivity (Wildman–Crippen MR) is 85.5 cm³/mol. The van der Waals surface area contributed by atoms with Crippen molar-refractivity contribution >= 4 is 0 Å². The molecule has 2 atom stereocenters. The van der Waals surface area contributed by atoms with Gasteiger partial charge in [0.15, 0.2) is 0 Å². The fourth-order valence-corrected chi connectivity index (χ4v) is 2.81. The van der Waals surface area contributed by atoms with Crippen molar-refractivity contribution in [3.63, 3.8) is 0 Å². The van der Waals surface area contributed by atoms with E-state index in [0.717, 1.165) is 6.54 Å². The number of hydrogen-bond acceptors (Lipinski definition) is 2. The summed E-state index contributed by atoms with van der Waals surface area (Å²) in [5.74, 6) is 0. The summed E-state index contributed by atoms with van der Waals surface area (Å²) >= 11 is 0. The van der Waals surface area contributed by atoms with Gasteiger partial charge in [-0.2, -0.15) is 0 Å². The molecule has 0 spiro atoms. The number of hydrogen-bond donors (Lipinski definition) is 1. The van der Waals surface area contributed by atoms with E-state index in [0.29, 0.717) is 0 Å². The van der Waals surface area contributed by atoms with Gasteiger partial charge in [0, 0.05) is 18.6 Å². The van der Waals surface area contributed by atoms with Crippen LogP contribution in [0.5, 0.6) is 0 Å². The minimum absolute atomic E-state index is 0.0878. The molecule has 0 fully saturated rings. The topological polar surface area (TPSA) is 29.3 Å². The molecule has 0 bridgehead atoms. The van der Waals surface area contributed by atoms with Crippen molar-refractivity contribution in [3.8, 4) is 0 Å². The number of nitrogens with two attached hydrogens (primary N) is 1.